The number of amides is 1. The molecule has 1 N–H and O–H groups in total. The van der Waals surface area contributed by atoms with Crippen LogP contribution in [-0.4, -0.2) is 51.8 Å². The summed E-state index contributed by atoms with van der Waals surface area (Å²) in [4.78, 5) is 17.1. The van der Waals surface area contributed by atoms with Gasteiger partial charge in [0.05, 0.1) is 12.3 Å². The third kappa shape index (κ3) is 4.14. The molecule has 1 saturated heterocycles. The Labute approximate surface area is 194 Å². The summed E-state index contributed by atoms with van der Waals surface area (Å²) in [7, 11) is 0. The van der Waals surface area contributed by atoms with E-state index in [1.54, 1.807) is 0 Å². The Balaban J connectivity index is 1.42. The van der Waals surface area contributed by atoms with Gasteiger partial charge in [0, 0.05) is 42.4 Å². The molecule has 2 aliphatic rings. The van der Waals surface area contributed by atoms with Crippen LogP contribution in [0.25, 0.3) is 17.3 Å². The van der Waals surface area contributed by atoms with Crippen molar-refractivity contribution in [1.82, 2.24) is 15.1 Å². The third-order valence-electron chi connectivity index (χ3n) is 6.56. The zero-order valence-electron chi connectivity index (χ0n) is 18.8. The molecule has 168 valence electrons. The van der Waals surface area contributed by atoms with Gasteiger partial charge in [-0.3, -0.25) is 4.79 Å². The first-order chi connectivity index (χ1) is 16.2. The molecule has 0 spiro atoms. The maximum absolute atomic E-state index is 12.9. The molecular weight excluding hydrogens is 412 g/mol. The second-order valence-electron chi connectivity index (χ2n) is 8.72. The molecule has 1 amide bonds. The van der Waals surface area contributed by atoms with E-state index < -0.39 is 0 Å². The molecule has 2 aromatic carbocycles. The van der Waals surface area contributed by atoms with Crippen molar-refractivity contribution < 1.29 is 9.90 Å². The molecule has 1 aromatic heterocycles. The first-order valence-corrected chi connectivity index (χ1v) is 11.5. The summed E-state index contributed by atoms with van der Waals surface area (Å²) in [5, 5.41) is 18.7. The van der Waals surface area contributed by atoms with E-state index >= 15 is 0 Å². The molecule has 1 aliphatic heterocycles. The lowest BCUT2D eigenvalue weighted by Gasteiger charge is -2.41. The largest absolute Gasteiger partial charge is 0.392 e. The van der Waals surface area contributed by atoms with Crippen molar-refractivity contribution in [2.45, 2.75) is 32.4 Å². The van der Waals surface area contributed by atoms with Crippen LogP contribution < -0.4 is 4.90 Å². The fourth-order valence-electron chi connectivity index (χ4n) is 4.76. The predicted molar refractivity (Wildman–Crippen MR) is 130 cm³/mol. The first-order valence-electron chi connectivity index (χ1n) is 11.5. The molecule has 6 heteroatoms. The number of anilines is 1. The van der Waals surface area contributed by atoms with Crippen LogP contribution in [0.15, 0.2) is 60.7 Å². The average molecular weight is 441 g/mol. The predicted octanol–water partition coefficient (Wildman–Crippen LogP) is 3.95. The number of allylic oxidation sites excluding steroid dienone is 1. The van der Waals surface area contributed by atoms with E-state index in [2.05, 4.69) is 34.2 Å². The number of carbonyl (C=O) groups is 1. The van der Waals surface area contributed by atoms with Gasteiger partial charge in [-0.15, -0.1) is 10.2 Å². The molecule has 1 atom stereocenters. The van der Waals surface area contributed by atoms with E-state index in [0.717, 1.165) is 53.2 Å². The van der Waals surface area contributed by atoms with E-state index in [9.17, 15) is 9.90 Å². The van der Waals surface area contributed by atoms with Crippen LogP contribution in [0.5, 0.6) is 0 Å². The fourth-order valence-corrected chi connectivity index (χ4v) is 4.76. The molecule has 0 bridgehead atoms. The quantitative estimate of drug-likeness (QED) is 0.665. The van der Waals surface area contributed by atoms with E-state index in [4.69, 9.17) is 0 Å². The lowest BCUT2D eigenvalue weighted by Crippen LogP contribution is -2.54. The van der Waals surface area contributed by atoms with Crippen LogP contribution in [0.4, 0.5) is 5.82 Å². The summed E-state index contributed by atoms with van der Waals surface area (Å²) in [6, 6.07) is 17.5. The highest BCUT2D eigenvalue weighted by molar-refractivity contribution is 5.94. The van der Waals surface area contributed by atoms with Crippen LogP contribution in [0.2, 0.25) is 0 Å². The number of benzene rings is 2. The highest BCUT2D eigenvalue weighted by Crippen LogP contribution is 2.35. The molecule has 1 fully saturated rings. The molecule has 0 saturated carbocycles. The summed E-state index contributed by atoms with van der Waals surface area (Å²) in [5.74, 6) is 0.979. The van der Waals surface area contributed by atoms with Gasteiger partial charge in [0.2, 0.25) is 0 Å². The van der Waals surface area contributed by atoms with Gasteiger partial charge >= 0.3 is 0 Å². The van der Waals surface area contributed by atoms with Gasteiger partial charge in [-0.05, 0) is 43.0 Å². The maximum Gasteiger partial charge on any atom is 0.253 e. The summed E-state index contributed by atoms with van der Waals surface area (Å²) >= 11 is 0. The second kappa shape index (κ2) is 9.16. The number of aliphatic hydroxyl groups is 1. The highest BCUT2D eigenvalue weighted by Gasteiger charge is 2.31. The summed E-state index contributed by atoms with van der Waals surface area (Å²) in [6.07, 6.45) is 6.27. The number of fused-ring (bicyclic) bond motifs is 1. The number of rotatable bonds is 4. The Morgan fingerprint density at radius 3 is 2.58 bits per heavy atom. The normalized spacial score (nSPS) is 17.7. The van der Waals surface area contributed by atoms with Crippen molar-refractivity contribution in [3.63, 3.8) is 0 Å². The van der Waals surface area contributed by atoms with E-state index in [0.29, 0.717) is 13.1 Å². The smallest absolute Gasteiger partial charge is 0.253 e. The lowest BCUT2D eigenvalue weighted by atomic mass is 9.93. The van der Waals surface area contributed by atoms with Crippen molar-refractivity contribution in [3.05, 3.63) is 82.9 Å². The number of piperazine rings is 1. The van der Waals surface area contributed by atoms with Crippen molar-refractivity contribution in [2.24, 2.45) is 0 Å². The third-order valence-corrected chi connectivity index (χ3v) is 6.56. The van der Waals surface area contributed by atoms with Crippen molar-refractivity contribution >= 4 is 17.8 Å². The van der Waals surface area contributed by atoms with Crippen molar-refractivity contribution in [2.75, 3.05) is 24.5 Å². The Hall–Kier alpha value is -3.51. The summed E-state index contributed by atoms with van der Waals surface area (Å²) in [5.41, 5.74) is 5.89. The standard InChI is InChI=1S/C27H28N4O2/c1-19-17-30(27(33)22-7-3-2-4-8-22)15-16-31(19)26-24-10-6-5-9-23(24)25(28-29-26)21-13-11-20(18-32)12-14-21/h2-4,6-8,10-14,19,32H,5,9,15-18H2,1H3/t19-/m1/s1. The van der Waals surface area contributed by atoms with Gasteiger partial charge in [-0.1, -0.05) is 54.6 Å². The molecule has 0 unspecified atom stereocenters. The van der Waals surface area contributed by atoms with E-state index in [1.807, 2.05) is 59.5 Å². The van der Waals surface area contributed by atoms with Crippen LogP contribution >= 0.6 is 0 Å². The SMILES string of the molecule is C[C@@H]1CN(C(=O)c2ccccc2)CCN1c1nnc(-c2ccc(CO)cc2)c2c1C=CCC2. The van der Waals surface area contributed by atoms with Gasteiger partial charge in [0.15, 0.2) is 5.82 Å². The first kappa shape index (κ1) is 21.3. The van der Waals surface area contributed by atoms with Gasteiger partial charge < -0.3 is 14.9 Å². The number of aromatic nitrogens is 2. The fraction of sp³-hybridized carbons (Fsp3) is 0.296. The van der Waals surface area contributed by atoms with E-state index in [1.165, 1.54) is 5.56 Å². The van der Waals surface area contributed by atoms with Gasteiger partial charge in [-0.25, -0.2) is 0 Å². The minimum Gasteiger partial charge on any atom is -0.392 e. The lowest BCUT2D eigenvalue weighted by molar-refractivity contribution is 0.0726. The van der Waals surface area contributed by atoms with Crippen molar-refractivity contribution in [1.29, 1.82) is 0 Å². The maximum atomic E-state index is 12.9. The zero-order valence-corrected chi connectivity index (χ0v) is 18.8. The minimum absolute atomic E-state index is 0.0301. The molecule has 1 aliphatic carbocycles. The molecule has 3 aromatic rings. The number of hydrogen-bond donors (Lipinski definition) is 1. The summed E-state index contributed by atoms with van der Waals surface area (Å²) in [6.45, 7) is 4.20. The molecule has 2 heterocycles. The number of carbonyl (C=O) groups excluding carboxylic acids is 1. The molecule has 5 rings (SSSR count). The Morgan fingerprint density at radius 2 is 1.85 bits per heavy atom. The van der Waals surface area contributed by atoms with Gasteiger partial charge in [0.25, 0.3) is 5.91 Å². The minimum atomic E-state index is 0.0301. The van der Waals surface area contributed by atoms with Gasteiger partial charge in [0.1, 0.15) is 0 Å². The highest BCUT2D eigenvalue weighted by atomic mass is 16.3. The Morgan fingerprint density at radius 1 is 1.06 bits per heavy atom. The average Bonchev–Trinajstić information content (AvgIpc) is 2.88. The van der Waals surface area contributed by atoms with Crippen LogP contribution in [-0.2, 0) is 13.0 Å². The van der Waals surface area contributed by atoms with Crippen LogP contribution in [0.1, 0.15) is 40.4 Å². The number of hydrogen-bond acceptors (Lipinski definition) is 5. The van der Waals surface area contributed by atoms with Crippen molar-refractivity contribution in [3.8, 4) is 11.3 Å². The topological polar surface area (TPSA) is 69.6 Å². The number of aliphatic hydroxyl groups excluding tert-OH is 1. The number of nitrogens with zero attached hydrogens (tertiary/aromatic N) is 4. The Bertz CT molecular complexity index is 1170. The molecule has 33 heavy (non-hydrogen) atoms. The second-order valence-corrected chi connectivity index (χ2v) is 8.72. The van der Waals surface area contributed by atoms with Gasteiger partial charge in [-0.2, -0.15) is 0 Å². The summed E-state index contributed by atoms with van der Waals surface area (Å²) < 4.78 is 0. The zero-order chi connectivity index (χ0) is 22.8. The monoisotopic (exact) mass is 440 g/mol. The molecule has 6 nitrogen and oxygen atoms in total. The van der Waals surface area contributed by atoms with Crippen LogP contribution in [0.3, 0.4) is 0 Å². The Kier molecular flexibility index (Phi) is 5.92. The molecule has 0 radical (unpaired) electrons. The van der Waals surface area contributed by atoms with E-state index in [-0.39, 0.29) is 18.6 Å². The molecular formula is C27H28N4O2. The van der Waals surface area contributed by atoms with Crippen LogP contribution in [0, 0.1) is 0 Å².